The standard InChI is InChI=1S/C7H13NO2/c1-7(2)5(8-10)3-4-6(7)9/h5-6,9H,3-4H2,1-2H3. The minimum Gasteiger partial charge on any atom is -0.392 e. The molecule has 0 radical (unpaired) electrons. The number of hydrogen-bond acceptors (Lipinski definition) is 3. The minimum absolute atomic E-state index is 0.192. The number of aliphatic hydroxyl groups is 1. The quantitative estimate of drug-likeness (QED) is 0.562. The highest BCUT2D eigenvalue weighted by Crippen LogP contribution is 2.39. The summed E-state index contributed by atoms with van der Waals surface area (Å²) in [5.41, 5.74) is -0.304. The van der Waals surface area contributed by atoms with Crippen LogP contribution in [0, 0.1) is 10.3 Å². The lowest BCUT2D eigenvalue weighted by Crippen LogP contribution is -2.30. The molecule has 58 valence electrons. The fourth-order valence-corrected chi connectivity index (χ4v) is 1.47. The molecule has 0 amide bonds. The molecule has 2 unspecified atom stereocenters. The molecule has 1 aliphatic rings. The molecule has 0 saturated heterocycles. The second kappa shape index (κ2) is 2.31. The van der Waals surface area contributed by atoms with Gasteiger partial charge in [-0.25, -0.2) is 0 Å². The molecule has 2 atom stereocenters. The molecule has 1 fully saturated rings. The highest BCUT2D eigenvalue weighted by molar-refractivity contribution is 4.96. The molecule has 0 aromatic rings. The first kappa shape index (κ1) is 7.66. The third kappa shape index (κ3) is 0.944. The summed E-state index contributed by atoms with van der Waals surface area (Å²) >= 11 is 0. The Morgan fingerprint density at radius 1 is 1.50 bits per heavy atom. The molecule has 0 heterocycles. The maximum absolute atomic E-state index is 10.2. The Kier molecular flexibility index (Phi) is 1.77. The monoisotopic (exact) mass is 143 g/mol. The van der Waals surface area contributed by atoms with E-state index in [1.54, 1.807) is 0 Å². The molecule has 1 N–H and O–H groups in total. The van der Waals surface area contributed by atoms with Gasteiger partial charge in [0.15, 0.2) is 0 Å². The van der Waals surface area contributed by atoms with Gasteiger partial charge in [0.2, 0.25) is 0 Å². The molecule has 1 aliphatic carbocycles. The Morgan fingerprint density at radius 2 is 2.10 bits per heavy atom. The van der Waals surface area contributed by atoms with Crippen LogP contribution in [0.15, 0.2) is 5.18 Å². The summed E-state index contributed by atoms with van der Waals surface area (Å²) in [6.45, 7) is 3.77. The van der Waals surface area contributed by atoms with Crippen LogP contribution in [0.1, 0.15) is 26.7 Å². The number of rotatable bonds is 1. The van der Waals surface area contributed by atoms with Crippen molar-refractivity contribution in [3.63, 3.8) is 0 Å². The zero-order valence-electron chi connectivity index (χ0n) is 6.37. The van der Waals surface area contributed by atoms with Gasteiger partial charge in [-0.3, -0.25) is 0 Å². The summed E-state index contributed by atoms with van der Waals surface area (Å²) in [6, 6.07) is -0.192. The fraction of sp³-hybridized carbons (Fsp3) is 1.00. The van der Waals surface area contributed by atoms with Crippen LogP contribution in [0.25, 0.3) is 0 Å². The van der Waals surface area contributed by atoms with E-state index >= 15 is 0 Å². The Labute approximate surface area is 60.4 Å². The van der Waals surface area contributed by atoms with Gasteiger partial charge in [0, 0.05) is 5.41 Å². The second-order valence-corrected chi connectivity index (χ2v) is 3.54. The van der Waals surface area contributed by atoms with E-state index in [0.717, 1.165) is 6.42 Å². The van der Waals surface area contributed by atoms with Crippen LogP contribution in [-0.4, -0.2) is 17.3 Å². The SMILES string of the molecule is CC1(C)C(O)CCC1N=O. The molecule has 0 aliphatic heterocycles. The number of aliphatic hydroxyl groups excluding tert-OH is 1. The van der Waals surface area contributed by atoms with Crippen LogP contribution in [-0.2, 0) is 0 Å². The predicted octanol–water partition coefficient (Wildman–Crippen LogP) is 1.30. The Bertz CT molecular complexity index is 145. The van der Waals surface area contributed by atoms with Crippen molar-refractivity contribution in [2.45, 2.75) is 38.8 Å². The van der Waals surface area contributed by atoms with Crippen LogP contribution in [0.2, 0.25) is 0 Å². The summed E-state index contributed by atoms with van der Waals surface area (Å²) in [4.78, 5) is 10.2. The van der Waals surface area contributed by atoms with Crippen LogP contribution in [0.4, 0.5) is 0 Å². The third-order valence-electron chi connectivity index (χ3n) is 2.56. The van der Waals surface area contributed by atoms with Crippen LogP contribution >= 0.6 is 0 Å². The van der Waals surface area contributed by atoms with Crippen molar-refractivity contribution in [2.24, 2.45) is 10.6 Å². The van der Waals surface area contributed by atoms with Gasteiger partial charge in [-0.2, -0.15) is 4.91 Å². The Morgan fingerprint density at radius 3 is 2.30 bits per heavy atom. The lowest BCUT2D eigenvalue weighted by molar-refractivity contribution is 0.0719. The first-order chi connectivity index (χ1) is 4.59. The molecule has 0 aromatic heterocycles. The maximum atomic E-state index is 10.2. The smallest absolute Gasteiger partial charge is 0.0996 e. The summed E-state index contributed by atoms with van der Waals surface area (Å²) < 4.78 is 0. The van der Waals surface area contributed by atoms with Crippen molar-refractivity contribution in [1.29, 1.82) is 0 Å². The summed E-state index contributed by atoms with van der Waals surface area (Å²) in [5, 5.41) is 12.3. The van der Waals surface area contributed by atoms with E-state index in [9.17, 15) is 10.0 Å². The van der Waals surface area contributed by atoms with E-state index in [2.05, 4.69) is 5.18 Å². The third-order valence-corrected chi connectivity index (χ3v) is 2.56. The minimum atomic E-state index is -0.352. The van der Waals surface area contributed by atoms with Crippen molar-refractivity contribution in [3.8, 4) is 0 Å². The Balaban J connectivity index is 2.73. The second-order valence-electron chi connectivity index (χ2n) is 3.54. The van der Waals surface area contributed by atoms with Gasteiger partial charge in [0.25, 0.3) is 0 Å². The summed E-state index contributed by atoms with van der Waals surface area (Å²) in [6.07, 6.45) is 1.09. The van der Waals surface area contributed by atoms with E-state index in [1.165, 1.54) is 0 Å². The van der Waals surface area contributed by atoms with Gasteiger partial charge >= 0.3 is 0 Å². The van der Waals surface area contributed by atoms with Gasteiger partial charge in [-0.1, -0.05) is 19.0 Å². The summed E-state index contributed by atoms with van der Waals surface area (Å²) in [7, 11) is 0. The van der Waals surface area contributed by atoms with Gasteiger partial charge < -0.3 is 5.11 Å². The van der Waals surface area contributed by atoms with Crippen molar-refractivity contribution < 1.29 is 5.11 Å². The molecular formula is C7H13NO2. The lowest BCUT2D eigenvalue weighted by atomic mass is 9.86. The van der Waals surface area contributed by atoms with Crippen molar-refractivity contribution >= 4 is 0 Å². The van der Waals surface area contributed by atoms with Gasteiger partial charge in [-0.05, 0) is 12.8 Å². The fourth-order valence-electron chi connectivity index (χ4n) is 1.47. The number of nitroso groups, excluding NO2 is 1. The van der Waals surface area contributed by atoms with Crippen LogP contribution in [0.5, 0.6) is 0 Å². The van der Waals surface area contributed by atoms with Gasteiger partial charge in [0.1, 0.15) is 0 Å². The zero-order valence-corrected chi connectivity index (χ0v) is 6.37. The average Bonchev–Trinajstić information content (AvgIpc) is 2.10. The van der Waals surface area contributed by atoms with E-state index in [0.29, 0.717) is 6.42 Å². The number of nitrogens with zero attached hydrogens (tertiary/aromatic N) is 1. The van der Waals surface area contributed by atoms with E-state index < -0.39 is 0 Å². The molecule has 10 heavy (non-hydrogen) atoms. The topological polar surface area (TPSA) is 49.7 Å². The van der Waals surface area contributed by atoms with Gasteiger partial charge in [-0.15, -0.1) is 0 Å². The molecule has 1 saturated carbocycles. The molecule has 3 nitrogen and oxygen atoms in total. The van der Waals surface area contributed by atoms with Crippen molar-refractivity contribution in [2.75, 3.05) is 0 Å². The molecule has 1 rings (SSSR count). The van der Waals surface area contributed by atoms with Crippen molar-refractivity contribution in [3.05, 3.63) is 4.91 Å². The maximum Gasteiger partial charge on any atom is 0.0996 e. The van der Waals surface area contributed by atoms with Crippen LogP contribution in [0.3, 0.4) is 0 Å². The molecular weight excluding hydrogens is 130 g/mol. The van der Waals surface area contributed by atoms with Gasteiger partial charge in [0.05, 0.1) is 12.1 Å². The average molecular weight is 143 g/mol. The van der Waals surface area contributed by atoms with E-state index in [1.807, 2.05) is 13.8 Å². The first-order valence-electron chi connectivity index (χ1n) is 3.59. The molecule has 0 bridgehead atoms. The van der Waals surface area contributed by atoms with Crippen LogP contribution < -0.4 is 0 Å². The van der Waals surface area contributed by atoms with E-state index in [-0.39, 0.29) is 17.6 Å². The van der Waals surface area contributed by atoms with E-state index in [4.69, 9.17) is 0 Å². The Hall–Kier alpha value is -0.440. The molecule has 0 aromatic carbocycles. The molecule has 0 spiro atoms. The largest absolute Gasteiger partial charge is 0.392 e. The zero-order chi connectivity index (χ0) is 7.78. The highest BCUT2D eigenvalue weighted by atomic mass is 16.3. The normalized spacial score (nSPS) is 37.9. The highest BCUT2D eigenvalue weighted by Gasteiger charge is 2.43. The summed E-state index contributed by atoms with van der Waals surface area (Å²) in [5.74, 6) is 0. The molecule has 3 heteroatoms. The first-order valence-corrected chi connectivity index (χ1v) is 3.59. The number of hydrogen-bond donors (Lipinski definition) is 1. The lowest BCUT2D eigenvalue weighted by Gasteiger charge is -2.24. The predicted molar refractivity (Wildman–Crippen MR) is 38.6 cm³/mol. The van der Waals surface area contributed by atoms with Crippen molar-refractivity contribution in [1.82, 2.24) is 0 Å².